The van der Waals surface area contributed by atoms with Crippen LogP contribution >= 0.6 is 0 Å². The van der Waals surface area contributed by atoms with E-state index in [9.17, 15) is 30.4 Å². The molecule has 4 aromatic carbocycles. The molecule has 4 nitrogen and oxygen atoms in total. The standard InChI is InChI=1S/C20H14F5N2O2S.C10H14.ClH.Ru/c21-13-14(22)16(24)20(17(25)15(13)23)30(28,29)27-19(12-9-5-2-6-10-12)18(26)11-7-3-1-4-8-11;1-8(2)10-6-4-9(3)5-7-10;;/h1-10,18-19H,26H2;4-8H,1-3H3;1H;/q-1;;;+2/p-1. The molecule has 0 spiro atoms. The predicted octanol–water partition coefficient (Wildman–Crippen LogP) is 5.01. The van der Waals surface area contributed by atoms with E-state index in [0.29, 0.717) is 11.5 Å². The summed E-state index contributed by atoms with van der Waals surface area (Å²) in [4.78, 5) is -2.03. The summed E-state index contributed by atoms with van der Waals surface area (Å²) in [5, 5.41) is 0. The average Bonchev–Trinajstić information content (AvgIpc) is 2.95. The number of hydrogen-bond acceptors (Lipinski definition) is 3. The first kappa shape index (κ1) is 37.3. The molecule has 0 amide bonds. The van der Waals surface area contributed by atoms with E-state index >= 15 is 0 Å². The van der Waals surface area contributed by atoms with Crippen molar-refractivity contribution < 1.29 is 62.3 Å². The molecular weight excluding hydrogens is 684 g/mol. The Bertz CT molecular complexity index is 1520. The first-order valence-electron chi connectivity index (χ1n) is 12.3. The summed E-state index contributed by atoms with van der Waals surface area (Å²) < 4.78 is 97.3. The quantitative estimate of drug-likeness (QED) is 0.127. The third-order valence-corrected chi connectivity index (χ3v) is 7.47. The summed E-state index contributed by atoms with van der Waals surface area (Å²) in [7, 11) is -5.34. The van der Waals surface area contributed by atoms with Gasteiger partial charge in [0.2, 0.25) is 5.82 Å². The van der Waals surface area contributed by atoms with E-state index in [2.05, 4.69) is 49.8 Å². The smallest absolute Gasteiger partial charge is 1.00 e. The van der Waals surface area contributed by atoms with Crippen molar-refractivity contribution in [2.45, 2.75) is 43.7 Å². The van der Waals surface area contributed by atoms with Gasteiger partial charge in [-0.1, -0.05) is 116 Å². The normalized spacial score (nSPS) is 12.3. The maximum atomic E-state index is 14.1. The molecule has 0 aliphatic heterocycles. The van der Waals surface area contributed by atoms with Gasteiger partial charge in [-0.2, -0.15) is 0 Å². The third kappa shape index (κ3) is 8.91. The zero-order chi connectivity index (χ0) is 29.6. The number of benzene rings is 4. The van der Waals surface area contributed by atoms with Crippen LogP contribution < -0.4 is 18.1 Å². The molecule has 4 aromatic rings. The molecule has 4 rings (SSSR count). The summed E-state index contributed by atoms with van der Waals surface area (Å²) in [6.45, 7) is 6.54. The molecule has 0 bridgehead atoms. The third-order valence-electron chi connectivity index (χ3n) is 6.09. The van der Waals surface area contributed by atoms with Crippen LogP contribution in [0, 0.1) is 36.0 Å². The van der Waals surface area contributed by atoms with E-state index in [4.69, 9.17) is 5.73 Å². The van der Waals surface area contributed by atoms with E-state index < -0.39 is 56.1 Å². The molecule has 12 heteroatoms. The zero-order valence-corrected chi connectivity index (χ0v) is 26.0. The predicted molar refractivity (Wildman–Crippen MR) is 145 cm³/mol. The monoisotopic (exact) mass is 712 g/mol. The van der Waals surface area contributed by atoms with Crippen LogP contribution in [0.15, 0.2) is 89.8 Å². The van der Waals surface area contributed by atoms with Gasteiger partial charge in [0.05, 0.1) is 0 Å². The molecular formula is C30H28ClF5N2O2RuS. The average molecular weight is 712 g/mol. The van der Waals surface area contributed by atoms with E-state index in [1.807, 2.05) is 0 Å². The summed E-state index contributed by atoms with van der Waals surface area (Å²) in [5.41, 5.74) is 9.63. The number of nitrogens with two attached hydrogens (primary N) is 1. The van der Waals surface area contributed by atoms with Crippen LogP contribution in [0.25, 0.3) is 4.72 Å². The zero-order valence-electron chi connectivity index (χ0n) is 22.7. The number of sulfonamides is 1. The Morgan fingerprint density at radius 1 is 0.643 bits per heavy atom. The minimum atomic E-state index is -5.34. The number of nitrogens with zero attached hydrogens (tertiary/aromatic N) is 1. The molecule has 2 unspecified atom stereocenters. The van der Waals surface area contributed by atoms with Gasteiger partial charge in [0.1, 0.15) is 14.9 Å². The minimum absolute atomic E-state index is 0. The first-order chi connectivity index (χ1) is 18.8. The van der Waals surface area contributed by atoms with Crippen molar-refractivity contribution in [1.82, 2.24) is 0 Å². The maximum absolute atomic E-state index is 14.1. The van der Waals surface area contributed by atoms with Crippen LogP contribution in [-0.4, -0.2) is 8.42 Å². The van der Waals surface area contributed by atoms with E-state index in [0.717, 1.165) is 0 Å². The second-order valence-corrected chi connectivity index (χ2v) is 10.9. The molecule has 2 atom stereocenters. The van der Waals surface area contributed by atoms with Crippen LogP contribution in [0.5, 0.6) is 0 Å². The first-order valence-corrected chi connectivity index (χ1v) is 13.7. The van der Waals surface area contributed by atoms with Crippen molar-refractivity contribution in [3.8, 4) is 0 Å². The number of hydrogen-bond donors (Lipinski definition) is 1. The molecule has 0 aromatic heterocycles. The Labute approximate surface area is 261 Å². The molecule has 0 radical (unpaired) electrons. The minimum Gasteiger partial charge on any atom is -1.00 e. The Balaban J connectivity index is 0.000000626. The van der Waals surface area contributed by atoms with Crippen LogP contribution in [-0.2, 0) is 29.5 Å². The topological polar surface area (TPSA) is 74.3 Å². The molecule has 226 valence electrons. The van der Waals surface area contributed by atoms with Gasteiger partial charge in [-0.3, -0.25) is 0 Å². The molecule has 0 aliphatic rings. The van der Waals surface area contributed by atoms with Crippen LogP contribution in [0.3, 0.4) is 0 Å². The van der Waals surface area contributed by atoms with Crippen LogP contribution in [0.1, 0.15) is 54.1 Å². The summed E-state index contributed by atoms with van der Waals surface area (Å²) in [6.07, 6.45) is 0. The summed E-state index contributed by atoms with van der Waals surface area (Å²) in [5.74, 6) is -11.6. The van der Waals surface area contributed by atoms with Crippen molar-refractivity contribution >= 4 is 10.0 Å². The second-order valence-electron chi connectivity index (χ2n) is 9.34. The number of rotatable bonds is 7. The van der Waals surface area contributed by atoms with Gasteiger partial charge in [-0.15, -0.1) is 0 Å². The van der Waals surface area contributed by atoms with Gasteiger partial charge in [0.25, 0.3) is 0 Å². The van der Waals surface area contributed by atoms with Gasteiger partial charge >= 0.3 is 19.5 Å². The SMILES string of the molecule is Cc1ccc(C(C)C)cc1.NC(c1ccccc1)C([N-]S(=O)(=O)c1c(F)c(F)c(F)c(F)c1F)c1ccccc1.[Cl-].[Ru+2]. The number of aryl methyl sites for hydroxylation is 1. The van der Waals surface area contributed by atoms with E-state index in [-0.39, 0.29) is 37.4 Å². The van der Waals surface area contributed by atoms with E-state index in [1.165, 1.54) is 23.3 Å². The van der Waals surface area contributed by atoms with Gasteiger partial charge in [-0.25, -0.2) is 30.4 Å². The van der Waals surface area contributed by atoms with Gasteiger partial charge < -0.3 is 22.9 Å². The van der Waals surface area contributed by atoms with Crippen LogP contribution in [0.2, 0.25) is 0 Å². The van der Waals surface area contributed by atoms with Crippen LogP contribution in [0.4, 0.5) is 22.0 Å². The number of halogens is 6. The van der Waals surface area contributed by atoms with Crippen molar-refractivity contribution in [2.24, 2.45) is 5.73 Å². The molecule has 0 saturated carbocycles. The van der Waals surface area contributed by atoms with Gasteiger partial charge in [0.15, 0.2) is 23.3 Å². The van der Waals surface area contributed by atoms with Gasteiger partial charge in [0, 0.05) is 6.04 Å². The fourth-order valence-corrected chi connectivity index (χ4v) is 5.10. The fourth-order valence-electron chi connectivity index (χ4n) is 3.81. The summed E-state index contributed by atoms with van der Waals surface area (Å²) in [6, 6.07) is 22.1. The Morgan fingerprint density at radius 2 is 1.05 bits per heavy atom. The summed E-state index contributed by atoms with van der Waals surface area (Å²) >= 11 is 0. The molecule has 0 heterocycles. The van der Waals surface area contributed by atoms with Crippen molar-refractivity contribution in [2.75, 3.05) is 0 Å². The Hall–Kier alpha value is -2.69. The van der Waals surface area contributed by atoms with Crippen molar-refractivity contribution in [3.63, 3.8) is 0 Å². The molecule has 0 fully saturated rings. The van der Waals surface area contributed by atoms with E-state index in [1.54, 1.807) is 48.5 Å². The molecule has 42 heavy (non-hydrogen) atoms. The van der Waals surface area contributed by atoms with Crippen molar-refractivity contribution in [3.05, 3.63) is 141 Å². The molecule has 2 N–H and O–H groups in total. The fraction of sp³-hybridized carbons (Fsp3) is 0.200. The maximum Gasteiger partial charge on any atom is 2.00 e. The molecule has 0 saturated heterocycles. The largest absolute Gasteiger partial charge is 2.00 e. The Kier molecular flexibility index (Phi) is 14.4. The molecule has 0 aliphatic carbocycles. The van der Waals surface area contributed by atoms with Crippen molar-refractivity contribution in [1.29, 1.82) is 0 Å². The van der Waals surface area contributed by atoms with Gasteiger partial charge in [-0.05, 0) is 24.0 Å². The second kappa shape index (κ2) is 16.2. The Morgan fingerprint density at radius 3 is 1.48 bits per heavy atom.